The van der Waals surface area contributed by atoms with E-state index in [0.29, 0.717) is 6.54 Å². The molecule has 0 heterocycles. The number of nitrogen functional groups attached to an aromatic ring is 1. The van der Waals surface area contributed by atoms with Gasteiger partial charge in [-0.2, -0.15) is 0 Å². The fourth-order valence-corrected chi connectivity index (χ4v) is 2.86. The van der Waals surface area contributed by atoms with Crippen molar-refractivity contribution in [3.05, 3.63) is 28.3 Å². The topological polar surface area (TPSA) is 107 Å². The Morgan fingerprint density at radius 1 is 1.42 bits per heavy atom. The molecule has 2 N–H and O–H groups in total. The Hall–Kier alpha value is -1.67. The molecule has 0 bridgehead atoms. The van der Waals surface area contributed by atoms with Gasteiger partial charge in [0.15, 0.2) is 0 Å². The molecule has 1 aromatic rings. The van der Waals surface area contributed by atoms with Crippen LogP contribution in [-0.4, -0.2) is 31.2 Å². The number of nitro groups is 1. The van der Waals surface area contributed by atoms with Crippen LogP contribution in [0.4, 0.5) is 11.4 Å². The molecular weight excluding hydrogens is 270 g/mol. The van der Waals surface area contributed by atoms with Crippen molar-refractivity contribution in [1.29, 1.82) is 0 Å². The molecule has 7 nitrogen and oxygen atoms in total. The number of nitrogens with zero attached hydrogens (tertiary/aromatic N) is 2. The third-order valence-corrected chi connectivity index (χ3v) is 4.65. The predicted octanol–water partition coefficient (Wildman–Crippen LogP) is 1.60. The molecule has 0 unspecified atom stereocenters. The normalized spacial score (nSPS) is 11.7. The van der Waals surface area contributed by atoms with Crippen molar-refractivity contribution in [1.82, 2.24) is 4.31 Å². The summed E-state index contributed by atoms with van der Waals surface area (Å²) in [5.41, 5.74) is 5.26. The number of anilines is 1. The minimum Gasteiger partial charge on any atom is -0.397 e. The van der Waals surface area contributed by atoms with Gasteiger partial charge in [-0.25, -0.2) is 12.7 Å². The van der Waals surface area contributed by atoms with E-state index in [1.54, 1.807) is 0 Å². The first kappa shape index (κ1) is 15.4. The van der Waals surface area contributed by atoms with Crippen LogP contribution in [0.25, 0.3) is 0 Å². The second kappa shape index (κ2) is 5.98. The molecule has 0 spiro atoms. The zero-order valence-electron chi connectivity index (χ0n) is 10.9. The molecule has 0 fully saturated rings. The zero-order chi connectivity index (χ0) is 14.6. The molecule has 1 rings (SSSR count). The van der Waals surface area contributed by atoms with Crippen molar-refractivity contribution in [2.75, 3.05) is 19.3 Å². The molecule has 0 saturated heterocycles. The quantitative estimate of drug-likeness (QED) is 0.486. The number of nitrogens with two attached hydrogens (primary N) is 1. The number of benzene rings is 1. The van der Waals surface area contributed by atoms with Crippen LogP contribution in [0.15, 0.2) is 23.1 Å². The van der Waals surface area contributed by atoms with E-state index >= 15 is 0 Å². The van der Waals surface area contributed by atoms with Gasteiger partial charge in [0.2, 0.25) is 10.0 Å². The molecular formula is C11H17N3O4S. The lowest BCUT2D eigenvalue weighted by Crippen LogP contribution is -2.28. The van der Waals surface area contributed by atoms with Crippen molar-refractivity contribution in [3.8, 4) is 0 Å². The average molecular weight is 287 g/mol. The second-order valence-corrected chi connectivity index (χ2v) is 6.17. The number of rotatable bonds is 6. The van der Waals surface area contributed by atoms with Gasteiger partial charge in [0, 0.05) is 25.7 Å². The molecule has 106 valence electrons. The van der Waals surface area contributed by atoms with Crippen LogP contribution in [0.2, 0.25) is 0 Å². The van der Waals surface area contributed by atoms with E-state index in [-0.39, 0.29) is 16.3 Å². The summed E-state index contributed by atoms with van der Waals surface area (Å²) in [7, 11) is -2.23. The second-order valence-electron chi connectivity index (χ2n) is 4.16. The maximum atomic E-state index is 12.2. The minimum absolute atomic E-state index is 0.100. The SMILES string of the molecule is CCCCN(C)S(=O)(=O)c1ccc([N+](=O)[O-])cc1N. The number of unbranched alkanes of at least 4 members (excludes halogenated alkanes) is 1. The molecule has 19 heavy (non-hydrogen) atoms. The van der Waals surface area contributed by atoms with E-state index in [4.69, 9.17) is 5.73 Å². The molecule has 0 saturated carbocycles. The van der Waals surface area contributed by atoms with E-state index < -0.39 is 14.9 Å². The highest BCUT2D eigenvalue weighted by molar-refractivity contribution is 7.89. The Kier molecular flexibility index (Phi) is 4.84. The number of hydrogen-bond acceptors (Lipinski definition) is 5. The van der Waals surface area contributed by atoms with Gasteiger partial charge in [-0.05, 0) is 12.5 Å². The Labute approximate surface area is 112 Å². The lowest BCUT2D eigenvalue weighted by atomic mass is 10.3. The largest absolute Gasteiger partial charge is 0.397 e. The van der Waals surface area contributed by atoms with Crippen LogP contribution in [0.1, 0.15) is 19.8 Å². The monoisotopic (exact) mass is 287 g/mol. The summed E-state index contributed by atoms with van der Waals surface area (Å²) in [5, 5.41) is 10.6. The molecule has 1 aromatic carbocycles. The highest BCUT2D eigenvalue weighted by Gasteiger charge is 2.24. The van der Waals surface area contributed by atoms with Gasteiger partial charge in [0.1, 0.15) is 4.90 Å². The average Bonchev–Trinajstić information content (AvgIpc) is 2.35. The number of nitro benzene ring substituents is 1. The van der Waals surface area contributed by atoms with Crippen molar-refractivity contribution in [2.24, 2.45) is 0 Å². The summed E-state index contributed by atoms with van der Waals surface area (Å²) in [4.78, 5) is 9.86. The summed E-state index contributed by atoms with van der Waals surface area (Å²) < 4.78 is 25.6. The van der Waals surface area contributed by atoms with E-state index in [1.165, 1.54) is 17.4 Å². The molecule has 0 atom stereocenters. The van der Waals surface area contributed by atoms with Crippen molar-refractivity contribution in [3.63, 3.8) is 0 Å². The first-order chi connectivity index (χ1) is 8.80. The third-order valence-electron chi connectivity index (χ3n) is 2.72. The van der Waals surface area contributed by atoms with Crippen LogP contribution >= 0.6 is 0 Å². The summed E-state index contributed by atoms with van der Waals surface area (Å²) in [6, 6.07) is 3.36. The molecule has 0 aliphatic heterocycles. The smallest absolute Gasteiger partial charge is 0.271 e. The summed E-state index contributed by atoms with van der Waals surface area (Å²) in [5.74, 6) is 0. The van der Waals surface area contributed by atoms with E-state index in [0.717, 1.165) is 25.0 Å². The fraction of sp³-hybridized carbons (Fsp3) is 0.455. The molecule has 0 radical (unpaired) electrons. The van der Waals surface area contributed by atoms with E-state index in [2.05, 4.69) is 0 Å². The maximum absolute atomic E-state index is 12.2. The standard InChI is InChI=1S/C11H17N3O4S/c1-3-4-7-13(2)19(17,18)11-6-5-9(14(15)16)8-10(11)12/h5-6,8H,3-4,7,12H2,1-2H3. The Morgan fingerprint density at radius 2 is 2.05 bits per heavy atom. The third kappa shape index (κ3) is 3.42. The maximum Gasteiger partial charge on any atom is 0.271 e. The Bertz CT molecular complexity index is 571. The summed E-state index contributed by atoms with van der Waals surface area (Å²) >= 11 is 0. The Balaban J connectivity index is 3.12. The number of sulfonamides is 1. The fourth-order valence-electron chi connectivity index (χ4n) is 1.55. The lowest BCUT2D eigenvalue weighted by molar-refractivity contribution is -0.384. The number of non-ortho nitro benzene ring substituents is 1. The predicted molar refractivity (Wildman–Crippen MR) is 72.2 cm³/mol. The Morgan fingerprint density at radius 3 is 2.53 bits per heavy atom. The zero-order valence-corrected chi connectivity index (χ0v) is 11.7. The molecule has 0 amide bonds. The van der Waals surface area contributed by atoms with Crippen molar-refractivity contribution < 1.29 is 13.3 Å². The summed E-state index contributed by atoms with van der Waals surface area (Å²) in [6.45, 7) is 2.34. The van der Waals surface area contributed by atoms with Gasteiger partial charge in [-0.15, -0.1) is 0 Å². The van der Waals surface area contributed by atoms with Gasteiger partial charge in [0.25, 0.3) is 5.69 Å². The van der Waals surface area contributed by atoms with Crippen LogP contribution in [0.3, 0.4) is 0 Å². The van der Waals surface area contributed by atoms with E-state index in [1.807, 2.05) is 6.92 Å². The minimum atomic E-state index is -3.70. The summed E-state index contributed by atoms with van der Waals surface area (Å²) in [6.07, 6.45) is 1.61. The molecule has 8 heteroatoms. The van der Waals surface area contributed by atoms with Crippen LogP contribution < -0.4 is 5.73 Å². The van der Waals surface area contributed by atoms with Gasteiger partial charge in [-0.3, -0.25) is 10.1 Å². The first-order valence-electron chi connectivity index (χ1n) is 5.81. The highest BCUT2D eigenvalue weighted by atomic mass is 32.2. The highest BCUT2D eigenvalue weighted by Crippen LogP contribution is 2.26. The lowest BCUT2D eigenvalue weighted by Gasteiger charge is -2.17. The van der Waals surface area contributed by atoms with Crippen LogP contribution in [-0.2, 0) is 10.0 Å². The van der Waals surface area contributed by atoms with Crippen molar-refractivity contribution >= 4 is 21.4 Å². The van der Waals surface area contributed by atoms with E-state index in [9.17, 15) is 18.5 Å². The van der Waals surface area contributed by atoms with Crippen molar-refractivity contribution in [2.45, 2.75) is 24.7 Å². The first-order valence-corrected chi connectivity index (χ1v) is 7.25. The van der Waals surface area contributed by atoms with Crippen LogP contribution in [0, 0.1) is 10.1 Å². The van der Waals surface area contributed by atoms with Gasteiger partial charge in [0.05, 0.1) is 10.6 Å². The van der Waals surface area contributed by atoms with Crippen LogP contribution in [0.5, 0.6) is 0 Å². The molecule has 0 aromatic heterocycles. The molecule has 0 aliphatic rings. The molecule has 0 aliphatic carbocycles. The number of hydrogen-bond donors (Lipinski definition) is 1. The van der Waals surface area contributed by atoms with Gasteiger partial charge in [-0.1, -0.05) is 13.3 Å². The van der Waals surface area contributed by atoms with Gasteiger partial charge >= 0.3 is 0 Å². The van der Waals surface area contributed by atoms with Gasteiger partial charge < -0.3 is 5.73 Å².